The maximum Gasteiger partial charge on any atom is 0.220 e. The molecule has 0 spiro atoms. The molecule has 2 N–H and O–H groups in total. The number of nitrogens with zero attached hydrogens (tertiary/aromatic N) is 2. The lowest BCUT2D eigenvalue weighted by molar-refractivity contribution is -0.121. The summed E-state index contributed by atoms with van der Waals surface area (Å²) in [5.74, 6) is -0.545. The van der Waals surface area contributed by atoms with Crippen LogP contribution in [0.4, 0.5) is 14.7 Å². The fourth-order valence-electron chi connectivity index (χ4n) is 3.86. The van der Waals surface area contributed by atoms with Gasteiger partial charge in [-0.05, 0) is 55.0 Å². The summed E-state index contributed by atoms with van der Waals surface area (Å²) >= 11 is 0. The summed E-state index contributed by atoms with van der Waals surface area (Å²) in [6.45, 7) is 2.03. The lowest BCUT2D eigenvalue weighted by atomic mass is 9.93. The third kappa shape index (κ3) is 4.72. The number of rotatable bonds is 6. The second kappa shape index (κ2) is 8.59. The molecule has 4 rings (SSSR count). The Bertz CT molecular complexity index is 970. The van der Waals surface area contributed by atoms with Crippen LogP contribution >= 0.6 is 0 Å². The molecule has 1 aromatic heterocycles. The Balaban J connectivity index is 1.26. The lowest BCUT2D eigenvalue weighted by Gasteiger charge is -2.32. The highest BCUT2D eigenvalue weighted by Gasteiger charge is 2.22. The van der Waals surface area contributed by atoms with E-state index in [4.69, 9.17) is 0 Å². The summed E-state index contributed by atoms with van der Waals surface area (Å²) < 4.78 is 26.2. The molecule has 0 aliphatic carbocycles. The Kier molecular flexibility index (Phi) is 5.74. The Hall–Kier alpha value is -2.96. The number of hydrogen-bond donors (Lipinski definition) is 2. The first-order valence-electron chi connectivity index (χ1n) is 9.99. The number of imidazole rings is 1. The predicted molar refractivity (Wildman–Crippen MR) is 108 cm³/mol. The molecular weight excluding hydrogens is 374 g/mol. The van der Waals surface area contributed by atoms with E-state index in [1.54, 1.807) is 0 Å². The van der Waals surface area contributed by atoms with Gasteiger partial charge in [-0.15, -0.1) is 0 Å². The zero-order valence-electron chi connectivity index (χ0n) is 16.1. The number of carbonyl (C=O) groups is 1. The van der Waals surface area contributed by atoms with Gasteiger partial charge in [0.25, 0.3) is 0 Å². The molecule has 0 saturated carbocycles. The maximum atomic E-state index is 13.2. The number of hydrogen-bond acceptors (Lipinski definition) is 3. The van der Waals surface area contributed by atoms with Crippen LogP contribution < -0.4 is 10.2 Å². The molecule has 5 nitrogen and oxygen atoms in total. The monoisotopic (exact) mass is 398 g/mol. The number of H-pyrrole nitrogens is 1. The number of nitrogens with one attached hydrogen (secondary N) is 2. The van der Waals surface area contributed by atoms with Crippen molar-refractivity contribution in [2.24, 2.45) is 5.92 Å². The summed E-state index contributed by atoms with van der Waals surface area (Å²) in [6.07, 6.45) is 3.37. The molecule has 2 heterocycles. The minimum Gasteiger partial charge on any atom is -0.352 e. The third-order valence-electron chi connectivity index (χ3n) is 5.45. The van der Waals surface area contributed by atoms with E-state index in [1.807, 2.05) is 24.3 Å². The Morgan fingerprint density at radius 2 is 2.07 bits per heavy atom. The van der Waals surface area contributed by atoms with E-state index in [2.05, 4.69) is 20.2 Å². The van der Waals surface area contributed by atoms with Gasteiger partial charge in [0.15, 0.2) is 11.6 Å². The van der Waals surface area contributed by atoms with Gasteiger partial charge in [0.05, 0.1) is 11.0 Å². The molecule has 1 atom stereocenters. The average Bonchev–Trinajstić information content (AvgIpc) is 3.18. The molecule has 7 heteroatoms. The summed E-state index contributed by atoms with van der Waals surface area (Å²) in [5, 5.41) is 2.79. The molecule has 152 valence electrons. The van der Waals surface area contributed by atoms with Crippen LogP contribution in [-0.4, -0.2) is 29.0 Å². The molecule has 1 amide bonds. The number of carbonyl (C=O) groups excluding carboxylic acids is 1. The summed E-state index contributed by atoms with van der Waals surface area (Å²) in [5.41, 5.74) is 2.54. The average molecular weight is 398 g/mol. The van der Waals surface area contributed by atoms with Crippen molar-refractivity contribution in [3.05, 3.63) is 59.7 Å². The highest BCUT2D eigenvalue weighted by atomic mass is 19.2. The number of para-hydroxylation sites is 2. The molecular formula is C22H24F2N4O. The van der Waals surface area contributed by atoms with Crippen LogP contribution in [-0.2, 0) is 11.3 Å². The van der Waals surface area contributed by atoms with E-state index >= 15 is 0 Å². The van der Waals surface area contributed by atoms with Crippen LogP contribution in [0.25, 0.3) is 11.0 Å². The van der Waals surface area contributed by atoms with E-state index in [0.717, 1.165) is 61.5 Å². The van der Waals surface area contributed by atoms with Crippen molar-refractivity contribution in [1.29, 1.82) is 0 Å². The smallest absolute Gasteiger partial charge is 0.220 e. The second-order valence-corrected chi connectivity index (χ2v) is 7.60. The van der Waals surface area contributed by atoms with Gasteiger partial charge in [-0.2, -0.15) is 0 Å². The third-order valence-corrected chi connectivity index (χ3v) is 5.45. The second-order valence-electron chi connectivity index (χ2n) is 7.60. The number of amides is 1. The molecule has 3 aromatic rings. The number of aromatic nitrogens is 2. The number of fused-ring (bicyclic) bond motifs is 1. The van der Waals surface area contributed by atoms with Gasteiger partial charge in [-0.3, -0.25) is 4.79 Å². The zero-order chi connectivity index (χ0) is 20.2. The van der Waals surface area contributed by atoms with Crippen LogP contribution in [0.5, 0.6) is 0 Å². The van der Waals surface area contributed by atoms with Crippen LogP contribution in [0.15, 0.2) is 42.5 Å². The van der Waals surface area contributed by atoms with E-state index < -0.39 is 11.6 Å². The van der Waals surface area contributed by atoms with Crippen molar-refractivity contribution < 1.29 is 13.6 Å². The largest absolute Gasteiger partial charge is 0.352 e. The normalized spacial score (nSPS) is 16.9. The number of anilines is 1. The van der Waals surface area contributed by atoms with Crippen molar-refractivity contribution in [2.45, 2.75) is 32.2 Å². The molecule has 29 heavy (non-hydrogen) atoms. The first kappa shape index (κ1) is 19.4. The highest BCUT2D eigenvalue weighted by molar-refractivity contribution is 5.77. The van der Waals surface area contributed by atoms with Crippen LogP contribution in [0, 0.1) is 17.6 Å². The topological polar surface area (TPSA) is 61.0 Å². The number of piperidine rings is 1. The minimum absolute atomic E-state index is 0.0735. The molecule has 0 radical (unpaired) electrons. The first-order chi connectivity index (χ1) is 14.1. The molecule has 1 saturated heterocycles. The number of halogens is 2. The first-order valence-corrected chi connectivity index (χ1v) is 9.99. The standard InChI is InChI=1S/C22H24F2N4O/c23-17-9-7-16(12-18(17)24)13-25-21(29)10-8-15-4-3-11-28(14-15)22-26-19-5-1-2-6-20(19)27-22/h1-2,5-7,9,12,15H,3-4,8,10-11,13-14H2,(H,25,29)(H,26,27)/t15-/m0/s1. The fourth-order valence-corrected chi connectivity index (χ4v) is 3.86. The lowest BCUT2D eigenvalue weighted by Crippen LogP contribution is -2.36. The van der Waals surface area contributed by atoms with Gasteiger partial charge in [-0.1, -0.05) is 18.2 Å². The zero-order valence-corrected chi connectivity index (χ0v) is 16.1. The number of benzene rings is 2. The van der Waals surface area contributed by atoms with Crippen molar-refractivity contribution in [3.8, 4) is 0 Å². The Morgan fingerprint density at radius 1 is 1.21 bits per heavy atom. The van der Waals surface area contributed by atoms with Crippen LogP contribution in [0.1, 0.15) is 31.2 Å². The highest BCUT2D eigenvalue weighted by Crippen LogP contribution is 2.25. The van der Waals surface area contributed by atoms with Gasteiger partial charge in [-0.25, -0.2) is 13.8 Å². The van der Waals surface area contributed by atoms with Gasteiger partial charge in [0.2, 0.25) is 11.9 Å². The van der Waals surface area contributed by atoms with Crippen molar-refractivity contribution >= 4 is 22.9 Å². The Labute approximate surface area is 168 Å². The fraction of sp³-hybridized carbons (Fsp3) is 0.364. The predicted octanol–water partition coefficient (Wildman–Crippen LogP) is 4.15. The molecule has 1 aliphatic rings. The van der Waals surface area contributed by atoms with Crippen LogP contribution in [0.2, 0.25) is 0 Å². The summed E-state index contributed by atoms with van der Waals surface area (Å²) in [7, 11) is 0. The summed E-state index contributed by atoms with van der Waals surface area (Å²) in [4.78, 5) is 22.5. The minimum atomic E-state index is -0.898. The quantitative estimate of drug-likeness (QED) is 0.656. The number of aromatic amines is 1. The van der Waals surface area contributed by atoms with Gasteiger partial charge < -0.3 is 15.2 Å². The van der Waals surface area contributed by atoms with Crippen LogP contribution in [0.3, 0.4) is 0 Å². The van der Waals surface area contributed by atoms with Crippen molar-refractivity contribution in [3.63, 3.8) is 0 Å². The molecule has 2 aromatic carbocycles. The van der Waals surface area contributed by atoms with Gasteiger partial charge in [0, 0.05) is 26.1 Å². The van der Waals surface area contributed by atoms with E-state index in [9.17, 15) is 13.6 Å². The van der Waals surface area contributed by atoms with Gasteiger partial charge >= 0.3 is 0 Å². The summed E-state index contributed by atoms with van der Waals surface area (Å²) in [6, 6.07) is 11.6. The van der Waals surface area contributed by atoms with E-state index in [1.165, 1.54) is 6.07 Å². The van der Waals surface area contributed by atoms with E-state index in [-0.39, 0.29) is 12.5 Å². The Morgan fingerprint density at radius 3 is 2.90 bits per heavy atom. The molecule has 0 unspecified atom stereocenters. The van der Waals surface area contributed by atoms with Crippen molar-refractivity contribution in [2.75, 3.05) is 18.0 Å². The maximum absolute atomic E-state index is 13.2. The molecule has 0 bridgehead atoms. The molecule has 1 aliphatic heterocycles. The van der Waals surface area contributed by atoms with Crippen molar-refractivity contribution in [1.82, 2.24) is 15.3 Å². The SMILES string of the molecule is O=C(CC[C@@H]1CCCN(c2nc3ccccc3[nH]2)C1)NCc1ccc(F)c(F)c1. The van der Waals surface area contributed by atoms with Gasteiger partial charge in [0.1, 0.15) is 0 Å². The van der Waals surface area contributed by atoms with E-state index in [0.29, 0.717) is 17.9 Å². The molecule has 1 fully saturated rings.